The lowest BCUT2D eigenvalue weighted by atomic mass is 10.0. The van der Waals surface area contributed by atoms with Gasteiger partial charge in [0.1, 0.15) is 5.75 Å². The minimum absolute atomic E-state index is 0.564. The molecule has 1 aromatic rings. The molecule has 0 radical (unpaired) electrons. The molecule has 3 heteroatoms. The van der Waals surface area contributed by atoms with E-state index < -0.39 is 0 Å². The van der Waals surface area contributed by atoms with Crippen molar-refractivity contribution in [3.05, 3.63) is 29.8 Å². The van der Waals surface area contributed by atoms with E-state index >= 15 is 0 Å². The van der Waals surface area contributed by atoms with Crippen molar-refractivity contribution in [3.63, 3.8) is 0 Å². The van der Waals surface area contributed by atoms with Crippen LogP contribution in [-0.2, 0) is 11.3 Å². The van der Waals surface area contributed by atoms with E-state index in [2.05, 4.69) is 0 Å². The fourth-order valence-corrected chi connectivity index (χ4v) is 1.89. The van der Waals surface area contributed by atoms with Gasteiger partial charge in [0.05, 0.1) is 6.61 Å². The molecule has 0 aliphatic carbocycles. The Balaban J connectivity index is 1.83. The highest BCUT2D eigenvalue weighted by Gasteiger charge is 2.14. The van der Waals surface area contributed by atoms with E-state index in [1.807, 2.05) is 24.3 Å². The molecule has 2 N–H and O–H groups in total. The van der Waals surface area contributed by atoms with Gasteiger partial charge in [-0.3, -0.25) is 0 Å². The van der Waals surface area contributed by atoms with Crippen LogP contribution in [0, 0.1) is 5.92 Å². The molecule has 3 nitrogen and oxygen atoms in total. The van der Waals surface area contributed by atoms with Crippen molar-refractivity contribution in [1.82, 2.24) is 0 Å². The van der Waals surface area contributed by atoms with Gasteiger partial charge in [0.15, 0.2) is 0 Å². The SMILES string of the molecule is NCc1cccc(OCC2CCOCC2)c1. The van der Waals surface area contributed by atoms with Crippen LogP contribution in [-0.4, -0.2) is 19.8 Å². The number of rotatable bonds is 4. The second kappa shape index (κ2) is 5.87. The first kappa shape index (κ1) is 11.4. The molecule has 1 aliphatic heterocycles. The lowest BCUT2D eigenvalue weighted by Crippen LogP contribution is -2.21. The zero-order chi connectivity index (χ0) is 11.2. The van der Waals surface area contributed by atoms with Gasteiger partial charge >= 0.3 is 0 Å². The van der Waals surface area contributed by atoms with Gasteiger partial charge in [0.25, 0.3) is 0 Å². The summed E-state index contributed by atoms with van der Waals surface area (Å²) in [5.41, 5.74) is 6.70. The molecule has 1 aliphatic rings. The molecule has 1 aromatic carbocycles. The Hall–Kier alpha value is -1.06. The standard InChI is InChI=1S/C13H19NO2/c14-9-12-2-1-3-13(8-12)16-10-11-4-6-15-7-5-11/h1-3,8,11H,4-7,9-10,14H2. The van der Waals surface area contributed by atoms with Crippen LogP contribution in [0.4, 0.5) is 0 Å². The van der Waals surface area contributed by atoms with Crippen LogP contribution in [0.3, 0.4) is 0 Å². The third-order valence-corrected chi connectivity index (χ3v) is 2.96. The molecule has 1 fully saturated rings. The van der Waals surface area contributed by atoms with Crippen molar-refractivity contribution in [3.8, 4) is 5.75 Å². The van der Waals surface area contributed by atoms with Gasteiger partial charge < -0.3 is 15.2 Å². The van der Waals surface area contributed by atoms with Gasteiger partial charge in [0.2, 0.25) is 0 Å². The van der Waals surface area contributed by atoms with E-state index in [4.69, 9.17) is 15.2 Å². The predicted molar refractivity (Wildman–Crippen MR) is 63.4 cm³/mol. The normalized spacial score (nSPS) is 17.3. The first-order valence-electron chi connectivity index (χ1n) is 5.88. The van der Waals surface area contributed by atoms with E-state index in [-0.39, 0.29) is 0 Å². The highest BCUT2D eigenvalue weighted by atomic mass is 16.5. The quantitative estimate of drug-likeness (QED) is 0.845. The third kappa shape index (κ3) is 3.22. The molecule has 16 heavy (non-hydrogen) atoms. The summed E-state index contributed by atoms with van der Waals surface area (Å²) in [4.78, 5) is 0. The summed E-state index contributed by atoms with van der Waals surface area (Å²) >= 11 is 0. The highest BCUT2D eigenvalue weighted by molar-refractivity contribution is 5.28. The zero-order valence-electron chi connectivity index (χ0n) is 9.52. The maximum Gasteiger partial charge on any atom is 0.119 e. The lowest BCUT2D eigenvalue weighted by molar-refractivity contribution is 0.0497. The van der Waals surface area contributed by atoms with Crippen LogP contribution in [0.25, 0.3) is 0 Å². The molecule has 1 heterocycles. The van der Waals surface area contributed by atoms with E-state index in [0.717, 1.165) is 44.0 Å². The minimum atomic E-state index is 0.564. The van der Waals surface area contributed by atoms with Gasteiger partial charge in [-0.05, 0) is 36.5 Å². The molecule has 2 rings (SSSR count). The van der Waals surface area contributed by atoms with Gasteiger partial charge in [0, 0.05) is 19.8 Å². The molecule has 1 saturated heterocycles. The second-order valence-electron chi connectivity index (χ2n) is 4.22. The summed E-state index contributed by atoms with van der Waals surface area (Å²) in [5, 5.41) is 0. The van der Waals surface area contributed by atoms with Crippen molar-refractivity contribution in [2.75, 3.05) is 19.8 Å². The van der Waals surface area contributed by atoms with Crippen molar-refractivity contribution in [1.29, 1.82) is 0 Å². The van der Waals surface area contributed by atoms with Gasteiger partial charge in [-0.25, -0.2) is 0 Å². The summed E-state index contributed by atoms with van der Waals surface area (Å²) in [5.74, 6) is 1.56. The Morgan fingerprint density at radius 1 is 1.31 bits per heavy atom. The molecule has 0 saturated carbocycles. The fourth-order valence-electron chi connectivity index (χ4n) is 1.89. The molecule has 88 valence electrons. The maximum atomic E-state index is 5.78. The summed E-state index contributed by atoms with van der Waals surface area (Å²) in [7, 11) is 0. The van der Waals surface area contributed by atoms with Gasteiger partial charge in [-0.15, -0.1) is 0 Å². The van der Waals surface area contributed by atoms with Crippen molar-refractivity contribution in [2.24, 2.45) is 11.7 Å². The molecular formula is C13H19NO2. The summed E-state index contributed by atoms with van der Waals surface area (Å²) in [6, 6.07) is 8.00. The topological polar surface area (TPSA) is 44.5 Å². The van der Waals surface area contributed by atoms with Crippen molar-refractivity contribution in [2.45, 2.75) is 19.4 Å². The van der Waals surface area contributed by atoms with Crippen LogP contribution >= 0.6 is 0 Å². The van der Waals surface area contributed by atoms with Gasteiger partial charge in [-0.1, -0.05) is 12.1 Å². The minimum Gasteiger partial charge on any atom is -0.493 e. The van der Waals surface area contributed by atoms with E-state index in [9.17, 15) is 0 Å². The fraction of sp³-hybridized carbons (Fsp3) is 0.538. The van der Waals surface area contributed by atoms with E-state index in [0.29, 0.717) is 12.5 Å². The predicted octanol–water partition coefficient (Wildman–Crippen LogP) is 1.95. The van der Waals surface area contributed by atoms with E-state index in [1.165, 1.54) is 0 Å². The molecule has 0 atom stereocenters. The van der Waals surface area contributed by atoms with Crippen LogP contribution < -0.4 is 10.5 Å². The Morgan fingerprint density at radius 3 is 2.88 bits per heavy atom. The molecule has 0 unspecified atom stereocenters. The van der Waals surface area contributed by atoms with E-state index in [1.54, 1.807) is 0 Å². The van der Waals surface area contributed by atoms with Crippen molar-refractivity contribution < 1.29 is 9.47 Å². The Labute approximate surface area is 96.5 Å². The number of hydrogen-bond acceptors (Lipinski definition) is 3. The number of benzene rings is 1. The molecule has 0 bridgehead atoms. The summed E-state index contributed by atoms with van der Waals surface area (Å²) < 4.78 is 11.1. The first-order valence-corrected chi connectivity index (χ1v) is 5.88. The van der Waals surface area contributed by atoms with Crippen molar-refractivity contribution >= 4 is 0 Å². The summed E-state index contributed by atoms with van der Waals surface area (Å²) in [6.45, 7) is 3.10. The van der Waals surface area contributed by atoms with Gasteiger partial charge in [-0.2, -0.15) is 0 Å². The number of hydrogen-bond donors (Lipinski definition) is 1. The molecule has 0 spiro atoms. The average molecular weight is 221 g/mol. The summed E-state index contributed by atoms with van der Waals surface area (Å²) in [6.07, 6.45) is 2.22. The molecular weight excluding hydrogens is 202 g/mol. The highest BCUT2D eigenvalue weighted by Crippen LogP contribution is 2.18. The van der Waals surface area contributed by atoms with Crippen LogP contribution in [0.2, 0.25) is 0 Å². The number of ether oxygens (including phenoxy) is 2. The lowest BCUT2D eigenvalue weighted by Gasteiger charge is -2.22. The van der Waals surface area contributed by atoms with Crippen LogP contribution in [0.5, 0.6) is 5.75 Å². The Morgan fingerprint density at radius 2 is 2.12 bits per heavy atom. The third-order valence-electron chi connectivity index (χ3n) is 2.96. The van der Waals surface area contributed by atoms with Crippen LogP contribution in [0.15, 0.2) is 24.3 Å². The smallest absolute Gasteiger partial charge is 0.119 e. The molecule has 0 aromatic heterocycles. The Kier molecular flexibility index (Phi) is 4.19. The molecule has 0 amide bonds. The largest absolute Gasteiger partial charge is 0.493 e. The average Bonchev–Trinajstić information content (AvgIpc) is 2.38. The monoisotopic (exact) mass is 221 g/mol. The zero-order valence-corrected chi connectivity index (χ0v) is 9.52. The first-order chi connectivity index (χ1) is 7.88. The maximum absolute atomic E-state index is 5.78. The van der Waals surface area contributed by atoms with Crippen LogP contribution in [0.1, 0.15) is 18.4 Å². The Bertz CT molecular complexity index is 321. The second-order valence-corrected chi connectivity index (χ2v) is 4.22. The number of nitrogens with two attached hydrogens (primary N) is 1.